The predicted octanol–water partition coefficient (Wildman–Crippen LogP) is 1.63. The van der Waals surface area contributed by atoms with Crippen molar-refractivity contribution in [2.45, 2.75) is 52.5 Å². The van der Waals surface area contributed by atoms with Gasteiger partial charge in [-0.2, -0.15) is 0 Å². The van der Waals surface area contributed by atoms with E-state index < -0.39 is 11.9 Å². The van der Waals surface area contributed by atoms with Crippen molar-refractivity contribution in [3.05, 3.63) is 0 Å². The second-order valence-electron chi connectivity index (χ2n) is 5.15. The molecule has 4 nitrogen and oxygen atoms in total. The van der Waals surface area contributed by atoms with Crippen LogP contribution in [-0.4, -0.2) is 24.5 Å². The van der Waals surface area contributed by atoms with Crippen molar-refractivity contribution >= 4 is 11.9 Å². The fourth-order valence-electron chi connectivity index (χ4n) is 2.26. The normalized spacial score (nSPS) is 23.6. The van der Waals surface area contributed by atoms with Crippen LogP contribution in [0.1, 0.15) is 46.5 Å². The van der Waals surface area contributed by atoms with Crippen LogP contribution < -0.4 is 5.32 Å². The highest BCUT2D eigenvalue weighted by atomic mass is 16.5. The Kier molecular flexibility index (Phi) is 4.33. The summed E-state index contributed by atoms with van der Waals surface area (Å²) in [6.45, 7) is 6.31. The van der Waals surface area contributed by atoms with E-state index in [1.165, 1.54) is 6.42 Å². The van der Waals surface area contributed by atoms with Crippen LogP contribution >= 0.6 is 0 Å². The van der Waals surface area contributed by atoms with Gasteiger partial charge in [0.1, 0.15) is 0 Å². The SMILES string of the molecule is CCOC(=O)C(=O)NC1CCCC(C)(C)C1. The van der Waals surface area contributed by atoms with Crippen LogP contribution in [-0.2, 0) is 14.3 Å². The standard InChI is InChI=1S/C12H21NO3/c1-4-16-11(15)10(14)13-9-6-5-7-12(2,3)8-9/h9H,4-8H2,1-3H3,(H,13,14). The Bertz CT molecular complexity index is 273. The van der Waals surface area contributed by atoms with Crippen LogP contribution in [0.25, 0.3) is 0 Å². The first-order valence-corrected chi connectivity index (χ1v) is 5.92. The average molecular weight is 227 g/mol. The number of esters is 1. The van der Waals surface area contributed by atoms with Gasteiger partial charge in [0.2, 0.25) is 0 Å². The van der Waals surface area contributed by atoms with E-state index in [9.17, 15) is 9.59 Å². The Labute approximate surface area is 96.7 Å². The number of ether oxygens (including phenoxy) is 1. The maximum Gasteiger partial charge on any atom is 0.396 e. The van der Waals surface area contributed by atoms with Crippen LogP contribution in [0.3, 0.4) is 0 Å². The van der Waals surface area contributed by atoms with Gasteiger partial charge in [-0.3, -0.25) is 4.79 Å². The van der Waals surface area contributed by atoms with Gasteiger partial charge in [0.05, 0.1) is 6.61 Å². The molecule has 1 atom stereocenters. The summed E-state index contributed by atoms with van der Waals surface area (Å²) in [4.78, 5) is 22.6. The molecule has 0 spiro atoms. The highest BCUT2D eigenvalue weighted by Gasteiger charge is 2.30. The molecule has 1 rings (SSSR count). The van der Waals surface area contributed by atoms with Gasteiger partial charge in [-0.1, -0.05) is 20.3 Å². The number of carbonyl (C=O) groups is 2. The summed E-state index contributed by atoms with van der Waals surface area (Å²) in [6, 6.07) is 0.112. The molecule has 0 aromatic rings. The number of hydrogen-bond donors (Lipinski definition) is 1. The summed E-state index contributed by atoms with van der Waals surface area (Å²) in [5.41, 5.74) is 0.255. The minimum absolute atomic E-state index is 0.112. The first-order chi connectivity index (χ1) is 7.44. The number of amides is 1. The minimum atomic E-state index is -0.772. The molecule has 1 N–H and O–H groups in total. The molecule has 0 aromatic heterocycles. The van der Waals surface area contributed by atoms with Crippen LogP contribution in [0.5, 0.6) is 0 Å². The predicted molar refractivity (Wildman–Crippen MR) is 60.8 cm³/mol. The lowest BCUT2D eigenvalue weighted by Crippen LogP contribution is -2.44. The van der Waals surface area contributed by atoms with Gasteiger partial charge in [-0.15, -0.1) is 0 Å². The van der Waals surface area contributed by atoms with Gasteiger partial charge in [0.25, 0.3) is 0 Å². The van der Waals surface area contributed by atoms with E-state index in [0.29, 0.717) is 0 Å². The Morgan fingerprint density at radius 2 is 2.12 bits per heavy atom. The summed E-state index contributed by atoms with van der Waals surface area (Å²) in [5.74, 6) is -1.38. The smallest absolute Gasteiger partial charge is 0.396 e. The lowest BCUT2D eigenvalue weighted by molar-refractivity contribution is -0.155. The highest BCUT2D eigenvalue weighted by Crippen LogP contribution is 2.34. The number of carbonyl (C=O) groups excluding carboxylic acids is 2. The Balaban J connectivity index is 2.42. The third-order valence-electron chi connectivity index (χ3n) is 3.00. The summed E-state index contributed by atoms with van der Waals surface area (Å²) < 4.78 is 4.65. The van der Waals surface area contributed by atoms with Gasteiger partial charge >= 0.3 is 11.9 Å². The molecular formula is C12H21NO3. The minimum Gasteiger partial charge on any atom is -0.459 e. The van der Waals surface area contributed by atoms with Crippen molar-refractivity contribution in [3.63, 3.8) is 0 Å². The molecule has 4 heteroatoms. The Morgan fingerprint density at radius 1 is 1.44 bits per heavy atom. The molecule has 92 valence electrons. The van der Waals surface area contributed by atoms with E-state index in [1.807, 2.05) is 0 Å². The quantitative estimate of drug-likeness (QED) is 0.576. The second-order valence-corrected chi connectivity index (χ2v) is 5.15. The van der Waals surface area contributed by atoms with Gasteiger partial charge in [-0.05, 0) is 31.6 Å². The van der Waals surface area contributed by atoms with E-state index in [1.54, 1.807) is 6.92 Å². The van der Waals surface area contributed by atoms with Crippen LogP contribution in [0.2, 0.25) is 0 Å². The van der Waals surface area contributed by atoms with E-state index in [0.717, 1.165) is 19.3 Å². The zero-order valence-electron chi connectivity index (χ0n) is 10.3. The number of rotatable bonds is 2. The zero-order chi connectivity index (χ0) is 12.2. The first-order valence-electron chi connectivity index (χ1n) is 5.92. The van der Waals surface area contributed by atoms with Gasteiger partial charge < -0.3 is 10.1 Å². The molecule has 0 heterocycles. The first kappa shape index (κ1) is 13.0. The van der Waals surface area contributed by atoms with Gasteiger partial charge in [0.15, 0.2) is 0 Å². The maximum atomic E-state index is 11.4. The lowest BCUT2D eigenvalue weighted by Gasteiger charge is -2.35. The Hall–Kier alpha value is -1.06. The van der Waals surface area contributed by atoms with Crippen LogP contribution in [0.4, 0.5) is 0 Å². The van der Waals surface area contributed by atoms with Crippen LogP contribution in [0, 0.1) is 5.41 Å². The monoisotopic (exact) mass is 227 g/mol. The highest BCUT2D eigenvalue weighted by molar-refractivity contribution is 6.32. The number of hydrogen-bond acceptors (Lipinski definition) is 3. The molecule has 0 aliphatic heterocycles. The molecule has 1 amide bonds. The van der Waals surface area contributed by atoms with Crippen molar-refractivity contribution in [2.24, 2.45) is 5.41 Å². The molecule has 16 heavy (non-hydrogen) atoms. The third kappa shape index (κ3) is 3.83. The molecule has 0 aromatic carbocycles. The number of nitrogens with one attached hydrogen (secondary N) is 1. The molecular weight excluding hydrogens is 206 g/mol. The summed E-state index contributed by atoms with van der Waals surface area (Å²) >= 11 is 0. The van der Waals surface area contributed by atoms with Gasteiger partial charge in [0, 0.05) is 6.04 Å². The average Bonchev–Trinajstić information content (AvgIpc) is 2.16. The van der Waals surface area contributed by atoms with E-state index >= 15 is 0 Å². The summed E-state index contributed by atoms with van der Waals surface area (Å²) in [7, 11) is 0. The molecule has 0 bridgehead atoms. The zero-order valence-corrected chi connectivity index (χ0v) is 10.3. The van der Waals surface area contributed by atoms with Crippen molar-refractivity contribution in [1.29, 1.82) is 0 Å². The molecule has 0 saturated heterocycles. The molecule has 1 unspecified atom stereocenters. The third-order valence-corrected chi connectivity index (χ3v) is 3.00. The van der Waals surface area contributed by atoms with Crippen molar-refractivity contribution in [3.8, 4) is 0 Å². The molecule has 0 radical (unpaired) electrons. The van der Waals surface area contributed by atoms with Crippen molar-refractivity contribution in [2.75, 3.05) is 6.61 Å². The summed E-state index contributed by atoms with van der Waals surface area (Å²) in [6.07, 6.45) is 4.16. The molecule has 1 saturated carbocycles. The fourth-order valence-corrected chi connectivity index (χ4v) is 2.26. The lowest BCUT2D eigenvalue weighted by atomic mass is 9.75. The maximum absolute atomic E-state index is 11.4. The molecule has 1 aliphatic rings. The Morgan fingerprint density at radius 3 is 2.69 bits per heavy atom. The van der Waals surface area contributed by atoms with Crippen molar-refractivity contribution in [1.82, 2.24) is 5.32 Å². The topological polar surface area (TPSA) is 55.4 Å². The van der Waals surface area contributed by atoms with E-state index in [2.05, 4.69) is 23.9 Å². The van der Waals surface area contributed by atoms with E-state index in [-0.39, 0.29) is 18.1 Å². The molecule has 1 aliphatic carbocycles. The van der Waals surface area contributed by atoms with Crippen LogP contribution in [0.15, 0.2) is 0 Å². The fraction of sp³-hybridized carbons (Fsp3) is 0.833. The van der Waals surface area contributed by atoms with E-state index in [4.69, 9.17) is 0 Å². The molecule has 1 fully saturated rings. The van der Waals surface area contributed by atoms with Gasteiger partial charge in [-0.25, -0.2) is 4.79 Å². The van der Waals surface area contributed by atoms with Crippen molar-refractivity contribution < 1.29 is 14.3 Å². The largest absolute Gasteiger partial charge is 0.459 e. The second kappa shape index (κ2) is 5.32. The summed E-state index contributed by atoms with van der Waals surface area (Å²) in [5, 5.41) is 2.75.